The van der Waals surface area contributed by atoms with Crippen molar-refractivity contribution in [3.05, 3.63) is 0 Å². The molecule has 7 heteroatoms. The standard InChI is InChI=1S/C6H9FO6/c7-2-1-4(13-6(10)11)3-12-5(8)9/h4H,1-3H2,(H,8,9)(H,10,11). The topological polar surface area (TPSA) is 93.1 Å². The average molecular weight is 196 g/mol. The van der Waals surface area contributed by atoms with Crippen LogP contribution >= 0.6 is 0 Å². The third kappa shape index (κ3) is 6.85. The number of halogens is 1. The Morgan fingerprint density at radius 2 is 1.92 bits per heavy atom. The van der Waals surface area contributed by atoms with E-state index in [1.54, 1.807) is 0 Å². The van der Waals surface area contributed by atoms with Crippen LogP contribution in [0.15, 0.2) is 0 Å². The summed E-state index contributed by atoms with van der Waals surface area (Å²) < 4.78 is 19.9. The van der Waals surface area contributed by atoms with Crippen LogP contribution in [0.3, 0.4) is 0 Å². The van der Waals surface area contributed by atoms with Gasteiger partial charge in [-0.3, -0.25) is 4.39 Å². The molecule has 0 spiro atoms. The van der Waals surface area contributed by atoms with Gasteiger partial charge in [-0.05, 0) is 0 Å². The molecule has 0 aromatic rings. The molecule has 0 radical (unpaired) electrons. The lowest BCUT2D eigenvalue weighted by molar-refractivity contribution is -0.000197. The molecule has 0 fully saturated rings. The summed E-state index contributed by atoms with van der Waals surface area (Å²) in [5, 5.41) is 16.2. The first-order valence-corrected chi connectivity index (χ1v) is 3.37. The molecule has 76 valence electrons. The second kappa shape index (κ2) is 6.04. The molecule has 0 rings (SSSR count). The van der Waals surface area contributed by atoms with E-state index >= 15 is 0 Å². The number of hydrogen-bond donors (Lipinski definition) is 2. The Hall–Kier alpha value is -1.53. The van der Waals surface area contributed by atoms with E-state index in [4.69, 9.17) is 10.2 Å². The van der Waals surface area contributed by atoms with Gasteiger partial charge < -0.3 is 19.7 Å². The van der Waals surface area contributed by atoms with Crippen LogP contribution in [0.2, 0.25) is 0 Å². The van der Waals surface area contributed by atoms with Gasteiger partial charge in [0.2, 0.25) is 0 Å². The minimum Gasteiger partial charge on any atom is -0.450 e. The van der Waals surface area contributed by atoms with Gasteiger partial charge in [0.25, 0.3) is 0 Å². The largest absolute Gasteiger partial charge is 0.506 e. The summed E-state index contributed by atoms with van der Waals surface area (Å²) in [5.74, 6) is 0. The molecule has 1 atom stereocenters. The molecule has 0 aliphatic heterocycles. The van der Waals surface area contributed by atoms with Crippen molar-refractivity contribution in [3.8, 4) is 0 Å². The maximum absolute atomic E-state index is 11.7. The molecule has 0 saturated carbocycles. The van der Waals surface area contributed by atoms with Crippen molar-refractivity contribution in [2.75, 3.05) is 13.3 Å². The van der Waals surface area contributed by atoms with E-state index in [0.29, 0.717) is 0 Å². The summed E-state index contributed by atoms with van der Waals surface area (Å²) in [6.07, 6.45) is -4.46. The summed E-state index contributed by atoms with van der Waals surface area (Å²) in [4.78, 5) is 19.9. The van der Waals surface area contributed by atoms with Gasteiger partial charge in [-0.1, -0.05) is 0 Å². The number of carboxylic acid groups (broad SMARTS) is 2. The third-order valence-electron chi connectivity index (χ3n) is 1.09. The zero-order valence-electron chi connectivity index (χ0n) is 6.60. The minimum atomic E-state index is -1.59. The van der Waals surface area contributed by atoms with Gasteiger partial charge in [0.1, 0.15) is 12.7 Å². The van der Waals surface area contributed by atoms with Crippen LogP contribution in [-0.2, 0) is 9.47 Å². The van der Waals surface area contributed by atoms with Gasteiger partial charge >= 0.3 is 12.3 Å². The number of hydrogen-bond acceptors (Lipinski definition) is 4. The predicted molar refractivity (Wildman–Crippen MR) is 37.5 cm³/mol. The summed E-state index contributed by atoms with van der Waals surface area (Å²) in [6, 6.07) is 0. The van der Waals surface area contributed by atoms with E-state index in [1.165, 1.54) is 0 Å². The Morgan fingerprint density at radius 3 is 2.31 bits per heavy atom. The molecule has 6 nitrogen and oxygen atoms in total. The summed E-state index contributed by atoms with van der Waals surface area (Å²) in [5.41, 5.74) is 0. The fourth-order valence-corrected chi connectivity index (χ4v) is 0.605. The van der Waals surface area contributed by atoms with Crippen molar-refractivity contribution in [1.82, 2.24) is 0 Å². The lowest BCUT2D eigenvalue weighted by Crippen LogP contribution is -2.24. The number of ether oxygens (including phenoxy) is 2. The molecular formula is C6H9FO6. The van der Waals surface area contributed by atoms with Gasteiger partial charge in [0.05, 0.1) is 6.67 Å². The molecule has 0 heterocycles. The lowest BCUT2D eigenvalue weighted by atomic mass is 10.3. The molecule has 0 aromatic heterocycles. The van der Waals surface area contributed by atoms with Crippen molar-refractivity contribution >= 4 is 12.3 Å². The van der Waals surface area contributed by atoms with E-state index in [9.17, 15) is 14.0 Å². The SMILES string of the molecule is O=C(O)OCC(CCF)OC(=O)O. The highest BCUT2D eigenvalue weighted by atomic mass is 19.1. The van der Waals surface area contributed by atoms with Crippen molar-refractivity contribution in [2.45, 2.75) is 12.5 Å². The van der Waals surface area contributed by atoms with E-state index in [2.05, 4.69) is 9.47 Å². The van der Waals surface area contributed by atoms with Crippen LogP contribution in [0.25, 0.3) is 0 Å². The highest BCUT2D eigenvalue weighted by Gasteiger charge is 2.15. The van der Waals surface area contributed by atoms with Crippen molar-refractivity contribution in [1.29, 1.82) is 0 Å². The van der Waals surface area contributed by atoms with Crippen molar-refractivity contribution in [2.24, 2.45) is 0 Å². The molecule has 0 aliphatic carbocycles. The quantitative estimate of drug-likeness (QED) is 0.639. The lowest BCUT2D eigenvalue weighted by Gasteiger charge is -2.12. The molecular weight excluding hydrogens is 187 g/mol. The number of carbonyl (C=O) groups is 2. The van der Waals surface area contributed by atoms with Gasteiger partial charge in [-0.2, -0.15) is 0 Å². The Bertz CT molecular complexity index is 182. The van der Waals surface area contributed by atoms with Gasteiger partial charge in [0, 0.05) is 6.42 Å². The molecule has 1 unspecified atom stereocenters. The molecule has 13 heavy (non-hydrogen) atoms. The first-order chi connectivity index (χ1) is 6.06. The fraction of sp³-hybridized carbons (Fsp3) is 0.667. The molecule has 0 aliphatic rings. The predicted octanol–water partition coefficient (Wildman–Crippen LogP) is 1.10. The van der Waals surface area contributed by atoms with Crippen LogP contribution in [-0.4, -0.2) is 41.9 Å². The van der Waals surface area contributed by atoms with E-state index < -0.39 is 31.7 Å². The van der Waals surface area contributed by atoms with Crippen LogP contribution in [0.4, 0.5) is 14.0 Å². The van der Waals surface area contributed by atoms with Gasteiger partial charge in [-0.15, -0.1) is 0 Å². The van der Waals surface area contributed by atoms with Crippen LogP contribution in [0.5, 0.6) is 0 Å². The summed E-state index contributed by atoms with van der Waals surface area (Å²) in [6.45, 7) is -1.30. The Balaban J connectivity index is 3.79. The molecule has 0 bridgehead atoms. The molecule has 0 saturated heterocycles. The Morgan fingerprint density at radius 1 is 1.31 bits per heavy atom. The van der Waals surface area contributed by atoms with Gasteiger partial charge in [-0.25, -0.2) is 9.59 Å². The first kappa shape index (κ1) is 11.5. The zero-order chi connectivity index (χ0) is 10.3. The van der Waals surface area contributed by atoms with Crippen LogP contribution in [0, 0.1) is 0 Å². The highest BCUT2D eigenvalue weighted by Crippen LogP contribution is 2.01. The minimum absolute atomic E-state index is 0.223. The monoisotopic (exact) mass is 196 g/mol. The Kier molecular flexibility index (Phi) is 5.33. The number of alkyl halides is 1. The second-order valence-corrected chi connectivity index (χ2v) is 2.06. The average Bonchev–Trinajstić information content (AvgIpc) is 1.99. The molecule has 0 amide bonds. The fourth-order valence-electron chi connectivity index (χ4n) is 0.605. The van der Waals surface area contributed by atoms with E-state index in [0.717, 1.165) is 0 Å². The second-order valence-electron chi connectivity index (χ2n) is 2.06. The summed E-state index contributed by atoms with van der Waals surface area (Å²) >= 11 is 0. The van der Waals surface area contributed by atoms with Gasteiger partial charge in [0.15, 0.2) is 0 Å². The molecule has 2 N–H and O–H groups in total. The normalized spacial score (nSPS) is 11.8. The third-order valence-corrected chi connectivity index (χ3v) is 1.09. The first-order valence-electron chi connectivity index (χ1n) is 3.37. The zero-order valence-corrected chi connectivity index (χ0v) is 6.60. The molecule has 0 aromatic carbocycles. The summed E-state index contributed by atoms with van der Waals surface area (Å²) in [7, 11) is 0. The van der Waals surface area contributed by atoms with Crippen LogP contribution in [0.1, 0.15) is 6.42 Å². The van der Waals surface area contributed by atoms with Crippen LogP contribution < -0.4 is 0 Å². The maximum atomic E-state index is 11.7. The van der Waals surface area contributed by atoms with Crippen molar-refractivity contribution in [3.63, 3.8) is 0 Å². The maximum Gasteiger partial charge on any atom is 0.506 e. The van der Waals surface area contributed by atoms with Crippen molar-refractivity contribution < 1.29 is 33.7 Å². The van der Waals surface area contributed by atoms with E-state index in [1.807, 2.05) is 0 Å². The van der Waals surface area contributed by atoms with E-state index in [-0.39, 0.29) is 6.42 Å². The Labute approximate surface area is 72.9 Å². The smallest absolute Gasteiger partial charge is 0.450 e. The number of rotatable bonds is 5. The highest BCUT2D eigenvalue weighted by molar-refractivity contribution is 5.58.